The molecule has 0 atom stereocenters. The molecule has 2 aromatic rings. The molecule has 0 unspecified atom stereocenters. The number of hydrogen-bond donors (Lipinski definition) is 1. The van der Waals surface area contributed by atoms with Gasteiger partial charge in [-0.15, -0.1) is 0 Å². The molecule has 0 radical (unpaired) electrons. The van der Waals surface area contributed by atoms with Crippen LogP contribution in [-0.2, 0) is 11.3 Å². The molecular weight excluding hydrogens is 252 g/mol. The predicted octanol–water partition coefficient (Wildman–Crippen LogP) is 0.996. The molecule has 2 rings (SSSR count). The Morgan fingerprint density at radius 1 is 1.30 bits per heavy atom. The highest BCUT2D eigenvalue weighted by molar-refractivity contribution is 5.82. The minimum atomic E-state index is -0.214. The topological polar surface area (TPSA) is 69.1 Å². The van der Waals surface area contributed by atoms with E-state index in [2.05, 4.69) is 10.5 Å². The zero-order chi connectivity index (χ0) is 14.2. The maximum absolute atomic E-state index is 11.6. The summed E-state index contributed by atoms with van der Waals surface area (Å²) in [5, 5.41) is 12.6. The zero-order valence-electron chi connectivity index (χ0n) is 10.7. The third kappa shape index (κ3) is 4.03. The molecule has 0 bridgehead atoms. The van der Waals surface area contributed by atoms with Crippen molar-refractivity contribution in [2.75, 3.05) is 0 Å². The van der Waals surface area contributed by atoms with E-state index >= 15 is 0 Å². The Morgan fingerprint density at radius 2 is 2.10 bits per heavy atom. The number of nitriles is 1. The molecule has 5 heteroatoms. The summed E-state index contributed by atoms with van der Waals surface area (Å²) in [6.45, 7) is 0.205. The van der Waals surface area contributed by atoms with Gasteiger partial charge in [0.15, 0.2) is 12.4 Å². The van der Waals surface area contributed by atoms with Gasteiger partial charge in [-0.05, 0) is 17.7 Å². The summed E-state index contributed by atoms with van der Waals surface area (Å²) >= 11 is 0. The number of carbonyl (C=O) groups is 1. The second-order valence-electron chi connectivity index (χ2n) is 4.08. The molecule has 0 aliphatic heterocycles. The van der Waals surface area contributed by atoms with E-state index in [4.69, 9.17) is 5.26 Å². The minimum Gasteiger partial charge on any atom is -0.266 e. The molecule has 20 heavy (non-hydrogen) atoms. The van der Waals surface area contributed by atoms with Crippen molar-refractivity contribution in [1.29, 1.82) is 5.26 Å². The lowest BCUT2D eigenvalue weighted by atomic mass is 10.1. The van der Waals surface area contributed by atoms with Crippen LogP contribution in [0, 0.1) is 11.3 Å². The molecule has 0 aliphatic carbocycles. The van der Waals surface area contributed by atoms with Crippen molar-refractivity contribution in [2.24, 2.45) is 5.10 Å². The molecular formula is C15H13N4O+. The molecule has 1 aromatic carbocycles. The van der Waals surface area contributed by atoms with Crippen LogP contribution in [-0.4, -0.2) is 12.1 Å². The van der Waals surface area contributed by atoms with Crippen molar-refractivity contribution in [2.45, 2.75) is 6.54 Å². The van der Waals surface area contributed by atoms with Gasteiger partial charge in [-0.25, -0.2) is 5.43 Å². The highest BCUT2D eigenvalue weighted by atomic mass is 16.2. The van der Waals surface area contributed by atoms with E-state index in [1.54, 1.807) is 35.2 Å². The van der Waals surface area contributed by atoms with Gasteiger partial charge in [0.25, 0.3) is 0 Å². The van der Waals surface area contributed by atoms with E-state index in [1.807, 2.05) is 30.3 Å². The fraction of sp³-hybridized carbons (Fsp3) is 0.0667. The van der Waals surface area contributed by atoms with Crippen LogP contribution in [0.3, 0.4) is 0 Å². The molecule has 5 nitrogen and oxygen atoms in total. The van der Waals surface area contributed by atoms with Gasteiger partial charge >= 0.3 is 5.91 Å². The molecule has 0 saturated heterocycles. The van der Waals surface area contributed by atoms with Gasteiger partial charge in [-0.1, -0.05) is 18.2 Å². The van der Waals surface area contributed by atoms with Gasteiger partial charge in [0, 0.05) is 12.1 Å². The highest BCUT2D eigenvalue weighted by Crippen LogP contribution is 2.00. The van der Waals surface area contributed by atoms with E-state index in [0.717, 1.165) is 5.56 Å². The number of pyridine rings is 1. The lowest BCUT2D eigenvalue weighted by molar-refractivity contribution is -0.684. The Labute approximate surface area is 116 Å². The zero-order valence-corrected chi connectivity index (χ0v) is 10.7. The first-order valence-corrected chi connectivity index (χ1v) is 6.04. The van der Waals surface area contributed by atoms with E-state index in [-0.39, 0.29) is 12.5 Å². The van der Waals surface area contributed by atoms with E-state index < -0.39 is 0 Å². The van der Waals surface area contributed by atoms with Crippen LogP contribution in [0.5, 0.6) is 0 Å². The Hall–Kier alpha value is -3.00. The summed E-state index contributed by atoms with van der Waals surface area (Å²) in [6.07, 6.45) is 5.12. The van der Waals surface area contributed by atoms with Crippen molar-refractivity contribution < 1.29 is 9.36 Å². The van der Waals surface area contributed by atoms with Crippen molar-refractivity contribution in [3.05, 3.63) is 66.0 Å². The van der Waals surface area contributed by atoms with E-state index in [0.29, 0.717) is 5.56 Å². The molecule has 1 amide bonds. The molecule has 0 fully saturated rings. The Morgan fingerprint density at radius 3 is 2.85 bits per heavy atom. The molecule has 1 aromatic heterocycles. The number of rotatable bonds is 4. The van der Waals surface area contributed by atoms with Gasteiger partial charge in [0.2, 0.25) is 6.54 Å². The lowest BCUT2D eigenvalue weighted by Crippen LogP contribution is -2.40. The van der Waals surface area contributed by atoms with Gasteiger partial charge in [-0.2, -0.15) is 14.9 Å². The average Bonchev–Trinajstić information content (AvgIpc) is 2.48. The fourth-order valence-corrected chi connectivity index (χ4v) is 1.61. The first-order valence-electron chi connectivity index (χ1n) is 6.04. The standard InChI is InChI=1S/C15H12N4O/c16-10-13-5-4-6-14(9-13)11-17-18-15(20)12-19-7-2-1-3-8-19/h1-9,11H,12H2/p+1/b17-11+. The van der Waals surface area contributed by atoms with Crippen LogP contribution in [0.4, 0.5) is 0 Å². The lowest BCUT2D eigenvalue weighted by Gasteiger charge is -1.97. The SMILES string of the molecule is N#Cc1cccc(/C=N/NC(=O)C[n+]2ccccc2)c1. The van der Waals surface area contributed by atoms with Crippen molar-refractivity contribution in [3.8, 4) is 6.07 Å². The number of nitrogens with zero attached hydrogens (tertiary/aromatic N) is 3. The Kier molecular flexibility index (Phi) is 4.57. The van der Waals surface area contributed by atoms with E-state index in [1.165, 1.54) is 6.21 Å². The third-order valence-electron chi connectivity index (χ3n) is 2.52. The van der Waals surface area contributed by atoms with Gasteiger partial charge in [-0.3, -0.25) is 4.79 Å². The number of amides is 1. The average molecular weight is 265 g/mol. The maximum atomic E-state index is 11.6. The number of nitrogens with one attached hydrogen (secondary N) is 1. The predicted molar refractivity (Wildman–Crippen MR) is 73.5 cm³/mol. The van der Waals surface area contributed by atoms with E-state index in [9.17, 15) is 4.79 Å². The summed E-state index contributed by atoms with van der Waals surface area (Å²) in [4.78, 5) is 11.6. The van der Waals surface area contributed by atoms with Crippen LogP contribution in [0.25, 0.3) is 0 Å². The van der Waals surface area contributed by atoms with Crippen LogP contribution < -0.4 is 9.99 Å². The fourth-order valence-electron chi connectivity index (χ4n) is 1.61. The van der Waals surface area contributed by atoms with Crippen molar-refractivity contribution in [3.63, 3.8) is 0 Å². The third-order valence-corrected chi connectivity index (χ3v) is 2.52. The van der Waals surface area contributed by atoms with Crippen LogP contribution in [0.15, 0.2) is 60.0 Å². The highest BCUT2D eigenvalue weighted by Gasteiger charge is 2.06. The van der Waals surface area contributed by atoms with Gasteiger partial charge in [0.1, 0.15) is 0 Å². The second kappa shape index (κ2) is 6.81. The second-order valence-corrected chi connectivity index (χ2v) is 4.08. The smallest absolute Gasteiger partial charge is 0.266 e. The molecule has 0 spiro atoms. The first kappa shape index (κ1) is 13.4. The van der Waals surface area contributed by atoms with Gasteiger partial charge < -0.3 is 0 Å². The molecule has 0 aliphatic rings. The largest absolute Gasteiger partial charge is 0.305 e. The first-order chi connectivity index (χ1) is 9.78. The van der Waals surface area contributed by atoms with Crippen molar-refractivity contribution >= 4 is 12.1 Å². The molecule has 98 valence electrons. The maximum Gasteiger partial charge on any atom is 0.305 e. The summed E-state index contributed by atoms with van der Waals surface area (Å²) < 4.78 is 1.75. The number of aromatic nitrogens is 1. The van der Waals surface area contributed by atoms with Crippen molar-refractivity contribution in [1.82, 2.24) is 5.43 Å². The summed E-state index contributed by atoms with van der Waals surface area (Å²) in [6, 6.07) is 14.6. The quantitative estimate of drug-likeness (QED) is 0.509. The van der Waals surface area contributed by atoms with Crippen LogP contribution >= 0.6 is 0 Å². The Balaban J connectivity index is 1.90. The number of hydrazone groups is 1. The molecule has 1 heterocycles. The monoisotopic (exact) mass is 265 g/mol. The normalized spacial score (nSPS) is 10.2. The van der Waals surface area contributed by atoms with Crippen LogP contribution in [0.1, 0.15) is 11.1 Å². The number of carbonyl (C=O) groups excluding carboxylic acids is 1. The summed E-state index contributed by atoms with van der Waals surface area (Å²) in [5.41, 5.74) is 3.76. The van der Waals surface area contributed by atoms with Crippen LogP contribution in [0.2, 0.25) is 0 Å². The summed E-state index contributed by atoms with van der Waals surface area (Å²) in [7, 11) is 0. The summed E-state index contributed by atoms with van der Waals surface area (Å²) in [5.74, 6) is -0.214. The number of hydrogen-bond acceptors (Lipinski definition) is 3. The minimum absolute atomic E-state index is 0.205. The van der Waals surface area contributed by atoms with Gasteiger partial charge in [0.05, 0.1) is 17.8 Å². The number of benzene rings is 1. The molecule has 1 N–H and O–H groups in total. The molecule has 0 saturated carbocycles. The Bertz CT molecular complexity index is 659.